The summed E-state index contributed by atoms with van der Waals surface area (Å²) >= 11 is 0. The maximum atomic E-state index is 12.0. The van der Waals surface area contributed by atoms with Crippen molar-refractivity contribution in [2.45, 2.75) is 39.0 Å². The molecule has 4 unspecified atom stereocenters. The molecular formula is C14H20O. The number of fused-ring (bicyclic) bond motifs is 5. The van der Waals surface area contributed by atoms with E-state index in [1.54, 1.807) is 0 Å². The van der Waals surface area contributed by atoms with Gasteiger partial charge in [-0.15, -0.1) is 0 Å². The lowest BCUT2D eigenvalue weighted by atomic mass is 9.73. The van der Waals surface area contributed by atoms with Crippen LogP contribution in [0.4, 0.5) is 0 Å². The van der Waals surface area contributed by atoms with Crippen LogP contribution in [0.2, 0.25) is 0 Å². The first kappa shape index (κ1) is 9.62. The van der Waals surface area contributed by atoms with E-state index in [4.69, 9.17) is 0 Å². The molecule has 3 rings (SSSR count). The van der Waals surface area contributed by atoms with E-state index in [-0.39, 0.29) is 0 Å². The second-order valence-corrected chi connectivity index (χ2v) is 5.91. The second kappa shape index (κ2) is 3.20. The van der Waals surface area contributed by atoms with Crippen molar-refractivity contribution >= 4 is 5.78 Å². The van der Waals surface area contributed by atoms with Crippen molar-refractivity contribution in [1.29, 1.82) is 0 Å². The lowest BCUT2D eigenvalue weighted by Crippen LogP contribution is -2.30. The Labute approximate surface area is 91.9 Å². The summed E-state index contributed by atoms with van der Waals surface area (Å²) in [5.74, 6) is 4.23. The molecule has 82 valence electrons. The molecule has 0 aromatic rings. The predicted octanol–water partition coefficient (Wildman–Crippen LogP) is 3.20. The summed E-state index contributed by atoms with van der Waals surface area (Å²) in [4.78, 5) is 12.0. The average molecular weight is 204 g/mol. The normalized spacial score (nSPS) is 46.9. The number of hydrogen-bond donors (Lipinski definition) is 0. The average Bonchev–Trinajstić information content (AvgIpc) is 2.87. The standard InChI is InChI=1S/C14H20O/c1-8(2)14(15)13-7-9-6-12(13)11-5-3-4-10(9)11/h9-13H,1,3-7H2,2H3/t9?,10-,11?,12?,13?/m0/s1. The minimum atomic E-state index is 0.354. The molecule has 3 aliphatic rings. The topological polar surface area (TPSA) is 17.1 Å². The third-order valence-electron chi connectivity index (χ3n) is 5.19. The second-order valence-electron chi connectivity index (χ2n) is 5.91. The molecule has 0 saturated heterocycles. The Balaban J connectivity index is 1.81. The fourth-order valence-corrected chi connectivity index (χ4v) is 4.69. The van der Waals surface area contributed by atoms with Gasteiger partial charge in [0.15, 0.2) is 5.78 Å². The lowest BCUT2D eigenvalue weighted by Gasteiger charge is -2.30. The molecule has 3 saturated carbocycles. The molecule has 0 heterocycles. The van der Waals surface area contributed by atoms with Gasteiger partial charge in [0.1, 0.15) is 0 Å². The molecule has 0 spiro atoms. The summed E-state index contributed by atoms with van der Waals surface area (Å²) in [5.41, 5.74) is 0.780. The van der Waals surface area contributed by atoms with Crippen molar-refractivity contribution in [1.82, 2.24) is 0 Å². The monoisotopic (exact) mass is 204 g/mol. The van der Waals surface area contributed by atoms with Crippen LogP contribution in [0.15, 0.2) is 12.2 Å². The van der Waals surface area contributed by atoms with Gasteiger partial charge in [-0.1, -0.05) is 13.0 Å². The first-order chi connectivity index (χ1) is 7.18. The van der Waals surface area contributed by atoms with E-state index in [0.717, 1.165) is 29.2 Å². The minimum absolute atomic E-state index is 0.354. The molecule has 0 N–H and O–H groups in total. The summed E-state index contributed by atoms with van der Waals surface area (Å²) in [6, 6.07) is 0. The van der Waals surface area contributed by atoms with E-state index in [2.05, 4.69) is 6.58 Å². The van der Waals surface area contributed by atoms with Gasteiger partial charge in [-0.25, -0.2) is 0 Å². The summed E-state index contributed by atoms with van der Waals surface area (Å²) in [6.07, 6.45) is 6.78. The van der Waals surface area contributed by atoms with Crippen molar-refractivity contribution in [3.8, 4) is 0 Å². The Kier molecular flexibility index (Phi) is 2.05. The van der Waals surface area contributed by atoms with Crippen LogP contribution < -0.4 is 0 Å². The van der Waals surface area contributed by atoms with Crippen LogP contribution in [0.5, 0.6) is 0 Å². The summed E-state index contributed by atoms with van der Waals surface area (Å²) in [6.45, 7) is 5.69. The van der Waals surface area contributed by atoms with Crippen LogP contribution >= 0.6 is 0 Å². The fourth-order valence-electron chi connectivity index (χ4n) is 4.69. The summed E-state index contributed by atoms with van der Waals surface area (Å²) in [7, 11) is 0. The van der Waals surface area contributed by atoms with Gasteiger partial charge >= 0.3 is 0 Å². The Hall–Kier alpha value is -0.590. The van der Waals surface area contributed by atoms with E-state index in [0.29, 0.717) is 11.7 Å². The highest BCUT2D eigenvalue weighted by Gasteiger charge is 2.55. The van der Waals surface area contributed by atoms with E-state index >= 15 is 0 Å². The molecule has 5 atom stereocenters. The van der Waals surface area contributed by atoms with Gasteiger partial charge in [-0.2, -0.15) is 0 Å². The molecule has 2 bridgehead atoms. The van der Waals surface area contributed by atoms with Crippen LogP contribution in [-0.4, -0.2) is 5.78 Å². The smallest absolute Gasteiger partial charge is 0.161 e. The predicted molar refractivity (Wildman–Crippen MR) is 60.4 cm³/mol. The molecule has 15 heavy (non-hydrogen) atoms. The molecule has 3 fully saturated rings. The zero-order chi connectivity index (χ0) is 10.6. The van der Waals surface area contributed by atoms with Crippen LogP contribution in [0.3, 0.4) is 0 Å². The molecular weight excluding hydrogens is 184 g/mol. The summed E-state index contributed by atoms with van der Waals surface area (Å²) < 4.78 is 0. The van der Waals surface area contributed by atoms with Crippen LogP contribution in [0, 0.1) is 29.6 Å². The minimum Gasteiger partial charge on any atom is -0.294 e. The molecule has 0 aromatic heterocycles. The zero-order valence-corrected chi connectivity index (χ0v) is 9.54. The SMILES string of the molecule is C=C(C)C(=O)C1CC2CC1C1CCC[C@@H]21. The maximum absolute atomic E-state index is 12.0. The van der Waals surface area contributed by atoms with Gasteiger partial charge in [-0.05, 0) is 61.9 Å². The number of rotatable bonds is 2. The van der Waals surface area contributed by atoms with Gasteiger partial charge in [0.25, 0.3) is 0 Å². The van der Waals surface area contributed by atoms with Crippen molar-refractivity contribution in [3.05, 3.63) is 12.2 Å². The van der Waals surface area contributed by atoms with Gasteiger partial charge in [-0.3, -0.25) is 4.79 Å². The van der Waals surface area contributed by atoms with Crippen molar-refractivity contribution in [3.63, 3.8) is 0 Å². The summed E-state index contributed by atoms with van der Waals surface area (Å²) in [5, 5.41) is 0. The fraction of sp³-hybridized carbons (Fsp3) is 0.786. The molecule has 0 amide bonds. The largest absolute Gasteiger partial charge is 0.294 e. The highest BCUT2D eigenvalue weighted by Crippen LogP contribution is 2.61. The third-order valence-corrected chi connectivity index (χ3v) is 5.19. The maximum Gasteiger partial charge on any atom is 0.161 e. The van der Waals surface area contributed by atoms with E-state index in [9.17, 15) is 4.79 Å². The van der Waals surface area contributed by atoms with Crippen LogP contribution in [-0.2, 0) is 4.79 Å². The highest BCUT2D eigenvalue weighted by molar-refractivity contribution is 5.96. The van der Waals surface area contributed by atoms with Gasteiger partial charge in [0.05, 0.1) is 0 Å². The molecule has 0 aromatic carbocycles. The van der Waals surface area contributed by atoms with Gasteiger partial charge in [0.2, 0.25) is 0 Å². The van der Waals surface area contributed by atoms with Crippen molar-refractivity contribution in [2.24, 2.45) is 29.6 Å². The molecule has 0 radical (unpaired) electrons. The Morgan fingerprint density at radius 1 is 1.13 bits per heavy atom. The first-order valence-electron chi connectivity index (χ1n) is 6.38. The number of ketones is 1. The van der Waals surface area contributed by atoms with Crippen LogP contribution in [0.25, 0.3) is 0 Å². The van der Waals surface area contributed by atoms with Crippen molar-refractivity contribution < 1.29 is 4.79 Å². The Morgan fingerprint density at radius 2 is 1.87 bits per heavy atom. The molecule has 1 nitrogen and oxygen atoms in total. The van der Waals surface area contributed by atoms with Gasteiger partial charge in [0, 0.05) is 5.92 Å². The Bertz CT molecular complexity index is 317. The van der Waals surface area contributed by atoms with E-state index < -0.39 is 0 Å². The number of carbonyl (C=O) groups excluding carboxylic acids is 1. The van der Waals surface area contributed by atoms with Gasteiger partial charge < -0.3 is 0 Å². The number of allylic oxidation sites excluding steroid dienone is 1. The molecule has 3 aliphatic carbocycles. The Morgan fingerprint density at radius 3 is 2.60 bits per heavy atom. The zero-order valence-electron chi connectivity index (χ0n) is 9.54. The quantitative estimate of drug-likeness (QED) is 0.631. The number of carbonyl (C=O) groups is 1. The van der Waals surface area contributed by atoms with Crippen LogP contribution in [0.1, 0.15) is 39.0 Å². The highest BCUT2D eigenvalue weighted by atomic mass is 16.1. The lowest BCUT2D eigenvalue weighted by molar-refractivity contribution is -0.121. The van der Waals surface area contributed by atoms with E-state index in [1.165, 1.54) is 32.1 Å². The van der Waals surface area contributed by atoms with Crippen molar-refractivity contribution in [2.75, 3.05) is 0 Å². The number of Topliss-reactive ketones (excluding diaryl/α,β-unsaturated/α-hetero) is 1. The number of hydrogen-bond acceptors (Lipinski definition) is 1. The molecule has 1 heteroatoms. The van der Waals surface area contributed by atoms with E-state index in [1.807, 2.05) is 6.92 Å². The third kappa shape index (κ3) is 1.25. The first-order valence-corrected chi connectivity index (χ1v) is 6.38. The molecule has 0 aliphatic heterocycles.